The van der Waals surface area contributed by atoms with E-state index in [1.807, 2.05) is 26.0 Å². The summed E-state index contributed by atoms with van der Waals surface area (Å²) in [6.45, 7) is 6.19. The molecule has 2 heterocycles. The first-order valence-electron chi connectivity index (χ1n) is 10.9. The first-order valence-corrected chi connectivity index (χ1v) is 10.9. The summed E-state index contributed by atoms with van der Waals surface area (Å²) in [4.78, 5) is 32.4. The molecule has 1 saturated heterocycles. The Morgan fingerprint density at radius 3 is 2.45 bits per heavy atom. The highest BCUT2D eigenvalue weighted by Gasteiger charge is 2.25. The van der Waals surface area contributed by atoms with Crippen molar-refractivity contribution >= 4 is 17.6 Å². The maximum atomic E-state index is 12.9. The fourth-order valence-electron chi connectivity index (χ4n) is 3.75. The average molecular weight is 425 g/mol. The van der Waals surface area contributed by atoms with Gasteiger partial charge in [0.25, 0.3) is 5.91 Å². The van der Waals surface area contributed by atoms with Crippen LogP contribution < -0.4 is 20.3 Å². The number of nitrogens with zero attached hydrogens (tertiary/aromatic N) is 2. The molecule has 3 rings (SSSR count). The Morgan fingerprint density at radius 2 is 1.81 bits per heavy atom. The smallest absolute Gasteiger partial charge is 0.251 e. The maximum absolute atomic E-state index is 12.9. The second kappa shape index (κ2) is 10.8. The van der Waals surface area contributed by atoms with Gasteiger partial charge in [0.1, 0.15) is 17.6 Å². The molecule has 0 radical (unpaired) electrons. The van der Waals surface area contributed by atoms with Gasteiger partial charge < -0.3 is 20.3 Å². The van der Waals surface area contributed by atoms with Gasteiger partial charge in [0.15, 0.2) is 0 Å². The van der Waals surface area contributed by atoms with E-state index in [0.717, 1.165) is 37.3 Å². The molecular weight excluding hydrogens is 392 g/mol. The summed E-state index contributed by atoms with van der Waals surface area (Å²) in [7, 11) is 1.58. The van der Waals surface area contributed by atoms with Gasteiger partial charge in [-0.1, -0.05) is 19.9 Å². The molecule has 0 spiro atoms. The Hall–Kier alpha value is -3.09. The van der Waals surface area contributed by atoms with E-state index in [4.69, 9.17) is 4.74 Å². The molecule has 0 aliphatic carbocycles. The Bertz CT molecular complexity index is 877. The van der Waals surface area contributed by atoms with Crippen LogP contribution in [0.2, 0.25) is 0 Å². The number of benzene rings is 1. The number of carbonyl (C=O) groups is 2. The van der Waals surface area contributed by atoms with E-state index in [-0.39, 0.29) is 17.7 Å². The van der Waals surface area contributed by atoms with Crippen molar-refractivity contribution in [3.05, 3.63) is 53.7 Å². The lowest BCUT2D eigenvalue weighted by Gasteiger charge is -2.29. The number of hydrogen-bond donors (Lipinski definition) is 2. The van der Waals surface area contributed by atoms with Crippen LogP contribution in [0.25, 0.3) is 0 Å². The standard InChI is InChI=1S/C24H32N4O3/c1-17(2)21(27-23(29)18-9-11-20(31-3)12-10-18)24(30)26-16-19-8-7-13-25-22(19)28-14-5-4-6-15-28/h7-13,17,21H,4-6,14-16H2,1-3H3,(H,26,30)(H,27,29). The highest BCUT2D eigenvalue weighted by atomic mass is 16.5. The minimum Gasteiger partial charge on any atom is -0.497 e. The predicted molar refractivity (Wildman–Crippen MR) is 121 cm³/mol. The van der Waals surface area contributed by atoms with Gasteiger partial charge in [-0.3, -0.25) is 9.59 Å². The molecule has 1 aromatic carbocycles. The van der Waals surface area contributed by atoms with Crippen molar-refractivity contribution in [3.8, 4) is 5.75 Å². The number of nitrogens with one attached hydrogen (secondary N) is 2. The zero-order valence-corrected chi connectivity index (χ0v) is 18.6. The number of anilines is 1. The quantitative estimate of drug-likeness (QED) is 0.680. The van der Waals surface area contributed by atoms with Gasteiger partial charge in [-0.25, -0.2) is 4.98 Å². The fraction of sp³-hybridized carbons (Fsp3) is 0.458. The summed E-state index contributed by atoms with van der Waals surface area (Å²) < 4.78 is 5.13. The van der Waals surface area contributed by atoms with Crippen LogP contribution >= 0.6 is 0 Å². The molecule has 0 bridgehead atoms. The van der Waals surface area contributed by atoms with Crippen LogP contribution in [0, 0.1) is 5.92 Å². The van der Waals surface area contributed by atoms with E-state index in [9.17, 15) is 9.59 Å². The number of methoxy groups -OCH3 is 1. The SMILES string of the molecule is COc1ccc(C(=O)NC(C(=O)NCc2cccnc2N2CCCCC2)C(C)C)cc1. The third kappa shape index (κ3) is 5.96. The topological polar surface area (TPSA) is 83.6 Å². The van der Waals surface area contributed by atoms with Crippen molar-refractivity contribution in [2.75, 3.05) is 25.1 Å². The van der Waals surface area contributed by atoms with Gasteiger partial charge in [0.2, 0.25) is 5.91 Å². The molecule has 166 valence electrons. The van der Waals surface area contributed by atoms with Crippen LogP contribution in [0.1, 0.15) is 49.0 Å². The van der Waals surface area contributed by atoms with Gasteiger partial charge in [0, 0.05) is 37.0 Å². The summed E-state index contributed by atoms with van der Waals surface area (Å²) in [5, 5.41) is 5.86. The van der Waals surface area contributed by atoms with E-state index in [1.54, 1.807) is 37.6 Å². The van der Waals surface area contributed by atoms with E-state index < -0.39 is 6.04 Å². The van der Waals surface area contributed by atoms with Crippen molar-refractivity contribution in [1.29, 1.82) is 0 Å². The molecule has 1 aromatic heterocycles. The third-order valence-corrected chi connectivity index (χ3v) is 5.56. The normalized spacial score (nSPS) is 14.8. The molecule has 31 heavy (non-hydrogen) atoms. The summed E-state index contributed by atoms with van der Waals surface area (Å²) in [5.74, 6) is 1.07. The Balaban J connectivity index is 1.64. The maximum Gasteiger partial charge on any atom is 0.251 e. The molecule has 7 nitrogen and oxygen atoms in total. The molecule has 2 N–H and O–H groups in total. The number of pyridine rings is 1. The van der Waals surface area contributed by atoms with Crippen LogP contribution in [0.4, 0.5) is 5.82 Å². The van der Waals surface area contributed by atoms with E-state index in [2.05, 4.69) is 20.5 Å². The number of rotatable bonds is 8. The van der Waals surface area contributed by atoms with E-state index in [1.165, 1.54) is 6.42 Å². The number of piperidine rings is 1. The minimum absolute atomic E-state index is 0.0577. The second-order valence-electron chi connectivity index (χ2n) is 8.18. The molecule has 1 atom stereocenters. The molecule has 2 amide bonds. The zero-order chi connectivity index (χ0) is 22.2. The number of amides is 2. The molecule has 1 unspecified atom stereocenters. The minimum atomic E-state index is -0.635. The highest BCUT2D eigenvalue weighted by molar-refractivity contribution is 5.97. The zero-order valence-electron chi connectivity index (χ0n) is 18.6. The van der Waals surface area contributed by atoms with Gasteiger partial charge in [-0.05, 0) is 55.5 Å². The monoisotopic (exact) mass is 424 g/mol. The lowest BCUT2D eigenvalue weighted by Crippen LogP contribution is -2.49. The number of aromatic nitrogens is 1. The lowest BCUT2D eigenvalue weighted by molar-refractivity contribution is -0.124. The Kier molecular flexibility index (Phi) is 7.87. The molecule has 1 aliphatic heterocycles. The molecule has 0 saturated carbocycles. The second-order valence-corrected chi connectivity index (χ2v) is 8.18. The summed E-state index contributed by atoms with van der Waals surface area (Å²) >= 11 is 0. The number of hydrogen-bond acceptors (Lipinski definition) is 5. The Labute approximate surface area is 184 Å². The molecule has 2 aromatic rings. The van der Waals surface area contributed by atoms with Crippen molar-refractivity contribution in [1.82, 2.24) is 15.6 Å². The van der Waals surface area contributed by atoms with Crippen LogP contribution in [0.5, 0.6) is 5.75 Å². The van der Waals surface area contributed by atoms with Gasteiger partial charge >= 0.3 is 0 Å². The predicted octanol–water partition coefficient (Wildman–Crippen LogP) is 3.15. The fourth-order valence-corrected chi connectivity index (χ4v) is 3.75. The first-order chi connectivity index (χ1) is 15.0. The van der Waals surface area contributed by atoms with E-state index >= 15 is 0 Å². The van der Waals surface area contributed by atoms with Crippen LogP contribution in [-0.2, 0) is 11.3 Å². The summed E-state index contributed by atoms with van der Waals surface area (Å²) in [5.41, 5.74) is 1.47. The van der Waals surface area contributed by atoms with Gasteiger partial charge in [-0.2, -0.15) is 0 Å². The van der Waals surface area contributed by atoms with Gasteiger partial charge in [-0.15, -0.1) is 0 Å². The van der Waals surface area contributed by atoms with Gasteiger partial charge in [0.05, 0.1) is 7.11 Å². The van der Waals surface area contributed by atoms with E-state index in [0.29, 0.717) is 17.9 Å². The summed E-state index contributed by atoms with van der Waals surface area (Å²) in [6.07, 6.45) is 5.37. The lowest BCUT2D eigenvalue weighted by atomic mass is 10.0. The third-order valence-electron chi connectivity index (χ3n) is 5.56. The Morgan fingerprint density at radius 1 is 1.10 bits per heavy atom. The largest absolute Gasteiger partial charge is 0.497 e. The molecule has 1 fully saturated rings. The van der Waals surface area contributed by atoms with Crippen LogP contribution in [0.3, 0.4) is 0 Å². The van der Waals surface area contributed by atoms with Crippen LogP contribution in [0.15, 0.2) is 42.6 Å². The van der Waals surface area contributed by atoms with Crippen LogP contribution in [-0.4, -0.2) is 43.0 Å². The first kappa shape index (κ1) is 22.6. The molecule has 1 aliphatic rings. The van der Waals surface area contributed by atoms with Crippen molar-refractivity contribution in [2.24, 2.45) is 5.92 Å². The average Bonchev–Trinajstić information content (AvgIpc) is 2.81. The summed E-state index contributed by atoms with van der Waals surface area (Å²) in [6, 6.07) is 10.1. The number of carbonyl (C=O) groups excluding carboxylic acids is 2. The van der Waals surface area contributed by atoms with Crippen molar-refractivity contribution < 1.29 is 14.3 Å². The van der Waals surface area contributed by atoms with Crippen molar-refractivity contribution in [2.45, 2.75) is 45.7 Å². The molecular formula is C24H32N4O3. The number of ether oxygens (including phenoxy) is 1. The molecule has 7 heteroatoms. The van der Waals surface area contributed by atoms with Crippen molar-refractivity contribution in [3.63, 3.8) is 0 Å². The highest BCUT2D eigenvalue weighted by Crippen LogP contribution is 2.21.